The van der Waals surface area contributed by atoms with E-state index in [1.165, 1.54) is 0 Å². The van der Waals surface area contributed by atoms with Gasteiger partial charge in [0.05, 0.1) is 16.6 Å². The first kappa shape index (κ1) is 18.9. The summed E-state index contributed by atoms with van der Waals surface area (Å²) in [4.78, 5) is 20.8. The van der Waals surface area contributed by atoms with Crippen LogP contribution in [0.4, 0.5) is 0 Å². The van der Waals surface area contributed by atoms with E-state index in [0.29, 0.717) is 12.1 Å². The first-order valence-corrected chi connectivity index (χ1v) is 9.56. The summed E-state index contributed by atoms with van der Waals surface area (Å²) in [5.74, 6) is 0.855. The van der Waals surface area contributed by atoms with Gasteiger partial charge < -0.3 is 20.9 Å². The van der Waals surface area contributed by atoms with Crippen LogP contribution in [0.2, 0.25) is 0 Å². The SMILES string of the molecule is CC(C)(C)NCCCNC(=O)c1cccc2[nH]c([C@@]3(C)CCCN3)nc12. The summed E-state index contributed by atoms with van der Waals surface area (Å²) in [5.41, 5.74) is 2.27. The van der Waals surface area contributed by atoms with Crippen molar-refractivity contribution >= 4 is 16.9 Å². The minimum absolute atomic E-state index is 0.0612. The number of nitrogens with zero attached hydrogens (tertiary/aromatic N) is 1. The van der Waals surface area contributed by atoms with E-state index >= 15 is 0 Å². The molecule has 0 spiro atoms. The van der Waals surface area contributed by atoms with Crippen molar-refractivity contribution in [3.63, 3.8) is 0 Å². The Labute approximate surface area is 155 Å². The molecule has 2 heterocycles. The second-order valence-electron chi connectivity index (χ2n) is 8.44. The number of carbonyl (C=O) groups is 1. The highest BCUT2D eigenvalue weighted by molar-refractivity contribution is 6.04. The fourth-order valence-electron chi connectivity index (χ4n) is 3.42. The first-order valence-electron chi connectivity index (χ1n) is 9.56. The zero-order valence-electron chi connectivity index (χ0n) is 16.3. The molecule has 1 aromatic carbocycles. The molecule has 0 bridgehead atoms. The van der Waals surface area contributed by atoms with Crippen LogP contribution in [0.25, 0.3) is 11.0 Å². The molecular formula is C20H31N5O. The summed E-state index contributed by atoms with van der Waals surface area (Å²) in [6.45, 7) is 11.1. The average Bonchev–Trinajstić information content (AvgIpc) is 3.20. The van der Waals surface area contributed by atoms with Crippen molar-refractivity contribution in [2.75, 3.05) is 19.6 Å². The van der Waals surface area contributed by atoms with Gasteiger partial charge in [0, 0.05) is 12.1 Å². The summed E-state index contributed by atoms with van der Waals surface area (Å²) in [7, 11) is 0. The number of nitrogens with one attached hydrogen (secondary N) is 4. The van der Waals surface area contributed by atoms with Crippen LogP contribution in [0.3, 0.4) is 0 Å². The Morgan fingerprint density at radius 3 is 2.81 bits per heavy atom. The molecule has 1 amide bonds. The van der Waals surface area contributed by atoms with Gasteiger partial charge in [-0.2, -0.15) is 0 Å². The van der Waals surface area contributed by atoms with Gasteiger partial charge in [0.15, 0.2) is 0 Å². The molecule has 1 aromatic heterocycles. The van der Waals surface area contributed by atoms with Gasteiger partial charge in [-0.3, -0.25) is 4.79 Å². The van der Waals surface area contributed by atoms with Crippen LogP contribution in [0.1, 0.15) is 63.1 Å². The van der Waals surface area contributed by atoms with Gasteiger partial charge in [0.25, 0.3) is 5.91 Å². The maximum atomic E-state index is 12.6. The van der Waals surface area contributed by atoms with Crippen LogP contribution < -0.4 is 16.0 Å². The number of amides is 1. The fraction of sp³-hybridized carbons (Fsp3) is 0.600. The highest BCUT2D eigenvalue weighted by Crippen LogP contribution is 2.30. The summed E-state index contributed by atoms with van der Waals surface area (Å²) in [5, 5.41) is 9.96. The Morgan fingerprint density at radius 2 is 2.12 bits per heavy atom. The first-order chi connectivity index (χ1) is 12.3. The molecule has 2 aromatic rings. The molecule has 4 N–H and O–H groups in total. The van der Waals surface area contributed by atoms with E-state index in [1.54, 1.807) is 0 Å². The molecule has 26 heavy (non-hydrogen) atoms. The van der Waals surface area contributed by atoms with Crippen molar-refractivity contribution in [2.45, 2.75) is 58.0 Å². The molecule has 0 saturated carbocycles. The zero-order valence-corrected chi connectivity index (χ0v) is 16.3. The van der Waals surface area contributed by atoms with Gasteiger partial charge in [-0.25, -0.2) is 4.98 Å². The standard InChI is InChI=1S/C20H31N5O/c1-19(2,3)22-13-7-11-21-17(26)14-8-5-9-15-16(14)25-18(24-15)20(4)10-6-12-23-20/h5,8-9,22-23H,6-7,10-13H2,1-4H3,(H,21,26)(H,24,25)/t20-/m1/s1. The molecule has 3 rings (SSSR count). The summed E-state index contributed by atoms with van der Waals surface area (Å²) in [6, 6.07) is 5.74. The van der Waals surface area contributed by atoms with E-state index in [9.17, 15) is 4.79 Å². The second-order valence-corrected chi connectivity index (χ2v) is 8.44. The molecule has 1 atom stereocenters. The van der Waals surface area contributed by atoms with Gasteiger partial charge in [-0.15, -0.1) is 0 Å². The number of aromatic nitrogens is 2. The molecule has 0 aliphatic carbocycles. The Balaban J connectivity index is 1.67. The number of aromatic amines is 1. The van der Waals surface area contributed by atoms with Crippen molar-refractivity contribution in [1.82, 2.24) is 25.9 Å². The number of benzene rings is 1. The van der Waals surface area contributed by atoms with Crippen molar-refractivity contribution in [1.29, 1.82) is 0 Å². The van der Waals surface area contributed by atoms with Crippen LogP contribution in [0, 0.1) is 0 Å². The summed E-state index contributed by atoms with van der Waals surface area (Å²) < 4.78 is 0. The molecule has 0 radical (unpaired) electrons. The monoisotopic (exact) mass is 357 g/mol. The van der Waals surface area contributed by atoms with Gasteiger partial charge in [-0.05, 0) is 72.2 Å². The minimum atomic E-state index is -0.134. The molecule has 1 aliphatic heterocycles. The normalized spacial score (nSPS) is 20.6. The third kappa shape index (κ3) is 4.24. The number of imidazole rings is 1. The predicted molar refractivity (Wildman–Crippen MR) is 105 cm³/mol. The van der Waals surface area contributed by atoms with E-state index in [1.807, 2.05) is 18.2 Å². The van der Waals surface area contributed by atoms with E-state index in [0.717, 1.165) is 49.2 Å². The molecule has 1 aliphatic rings. The molecule has 6 nitrogen and oxygen atoms in total. The fourth-order valence-corrected chi connectivity index (χ4v) is 3.42. The van der Waals surface area contributed by atoms with Crippen molar-refractivity contribution in [2.24, 2.45) is 0 Å². The lowest BCUT2D eigenvalue weighted by Crippen LogP contribution is -2.37. The van der Waals surface area contributed by atoms with E-state index in [4.69, 9.17) is 4.98 Å². The smallest absolute Gasteiger partial charge is 0.253 e. The van der Waals surface area contributed by atoms with Crippen LogP contribution >= 0.6 is 0 Å². The Bertz CT molecular complexity index is 768. The lowest BCUT2D eigenvalue weighted by molar-refractivity contribution is 0.0954. The maximum Gasteiger partial charge on any atom is 0.253 e. The molecule has 142 valence electrons. The lowest BCUT2D eigenvalue weighted by Gasteiger charge is -2.21. The number of rotatable bonds is 6. The lowest BCUT2D eigenvalue weighted by atomic mass is 10.00. The van der Waals surface area contributed by atoms with Gasteiger partial charge in [0.1, 0.15) is 11.3 Å². The Kier molecular flexibility index (Phi) is 5.34. The van der Waals surface area contributed by atoms with Crippen molar-refractivity contribution in [3.05, 3.63) is 29.6 Å². The molecule has 0 unspecified atom stereocenters. The van der Waals surface area contributed by atoms with Crippen LogP contribution in [0.15, 0.2) is 18.2 Å². The maximum absolute atomic E-state index is 12.6. The third-order valence-electron chi connectivity index (χ3n) is 4.94. The van der Waals surface area contributed by atoms with Crippen LogP contribution in [-0.4, -0.2) is 41.0 Å². The number of hydrogen-bond acceptors (Lipinski definition) is 4. The molecule has 6 heteroatoms. The molecule has 1 fully saturated rings. The topological polar surface area (TPSA) is 81.8 Å². The minimum Gasteiger partial charge on any atom is -0.352 e. The van der Waals surface area contributed by atoms with Gasteiger partial charge >= 0.3 is 0 Å². The second kappa shape index (κ2) is 7.37. The summed E-state index contributed by atoms with van der Waals surface area (Å²) in [6.07, 6.45) is 3.09. The van der Waals surface area contributed by atoms with Crippen LogP contribution in [0.5, 0.6) is 0 Å². The van der Waals surface area contributed by atoms with Crippen molar-refractivity contribution < 1.29 is 4.79 Å². The average molecular weight is 358 g/mol. The number of H-pyrrole nitrogens is 1. The number of carbonyl (C=O) groups excluding carboxylic acids is 1. The largest absolute Gasteiger partial charge is 0.352 e. The number of hydrogen-bond donors (Lipinski definition) is 4. The van der Waals surface area contributed by atoms with E-state index < -0.39 is 0 Å². The van der Waals surface area contributed by atoms with Gasteiger partial charge in [0.2, 0.25) is 0 Å². The van der Waals surface area contributed by atoms with Crippen molar-refractivity contribution in [3.8, 4) is 0 Å². The number of para-hydroxylation sites is 1. The highest BCUT2D eigenvalue weighted by atomic mass is 16.1. The highest BCUT2D eigenvalue weighted by Gasteiger charge is 2.33. The van der Waals surface area contributed by atoms with E-state index in [-0.39, 0.29) is 17.0 Å². The molecule has 1 saturated heterocycles. The number of fused-ring (bicyclic) bond motifs is 1. The Morgan fingerprint density at radius 1 is 1.31 bits per heavy atom. The zero-order chi connectivity index (χ0) is 18.8. The third-order valence-corrected chi connectivity index (χ3v) is 4.94. The summed E-state index contributed by atoms with van der Waals surface area (Å²) >= 11 is 0. The quantitative estimate of drug-likeness (QED) is 0.599. The Hall–Kier alpha value is -1.92. The predicted octanol–water partition coefficient (Wildman–Crippen LogP) is 2.67. The van der Waals surface area contributed by atoms with Crippen LogP contribution in [-0.2, 0) is 5.54 Å². The van der Waals surface area contributed by atoms with E-state index in [2.05, 4.69) is 48.6 Å². The molecular weight excluding hydrogens is 326 g/mol. The van der Waals surface area contributed by atoms with Gasteiger partial charge in [-0.1, -0.05) is 6.07 Å².